The molecule has 2 N–H and O–H groups in total. The molecule has 0 spiro atoms. The molecule has 1 aliphatic heterocycles. The van der Waals surface area contributed by atoms with Crippen molar-refractivity contribution >= 4 is 0 Å². The van der Waals surface area contributed by atoms with Crippen molar-refractivity contribution < 1.29 is 9.84 Å². The Morgan fingerprint density at radius 3 is 2.90 bits per heavy atom. The zero-order chi connectivity index (χ0) is 13.9. The average molecular weight is 269 g/mol. The van der Waals surface area contributed by atoms with Crippen molar-refractivity contribution in [2.75, 3.05) is 6.54 Å². The van der Waals surface area contributed by atoms with Gasteiger partial charge < -0.3 is 15.2 Å². The molecule has 1 heterocycles. The van der Waals surface area contributed by atoms with Gasteiger partial charge in [0.25, 0.3) is 0 Å². The molecule has 0 fully saturated rings. The molecular weight excluding hydrogens is 250 g/mol. The maximum absolute atomic E-state index is 10.00. The number of β-amino-alcohol motifs (C(OH)–C–C–N with tert-alkyl or cyclic N) is 1. The molecule has 0 aliphatic carbocycles. The number of ether oxygens (including phenoxy) is 1. The Hall–Kier alpha value is -1.84. The first kappa shape index (κ1) is 13.2. The number of nitrogens with one attached hydrogen (secondary N) is 1. The number of aliphatic hydroxyl groups excluding tert-OH is 1. The Morgan fingerprint density at radius 2 is 2.05 bits per heavy atom. The van der Waals surface area contributed by atoms with Crippen LogP contribution in [0.3, 0.4) is 0 Å². The predicted molar refractivity (Wildman–Crippen MR) is 78.6 cm³/mol. The van der Waals surface area contributed by atoms with E-state index in [1.54, 1.807) is 0 Å². The smallest absolute Gasteiger partial charge is 0.124 e. The van der Waals surface area contributed by atoms with Crippen LogP contribution in [0, 0.1) is 6.92 Å². The van der Waals surface area contributed by atoms with Gasteiger partial charge >= 0.3 is 0 Å². The molecule has 0 saturated heterocycles. The summed E-state index contributed by atoms with van der Waals surface area (Å²) < 4.78 is 5.97. The summed E-state index contributed by atoms with van der Waals surface area (Å²) in [4.78, 5) is 0. The lowest BCUT2D eigenvalue weighted by Gasteiger charge is -2.24. The van der Waals surface area contributed by atoms with Crippen LogP contribution in [0.1, 0.15) is 28.4 Å². The molecule has 3 nitrogen and oxygen atoms in total. The lowest BCUT2D eigenvalue weighted by molar-refractivity contribution is 0.163. The van der Waals surface area contributed by atoms with E-state index in [2.05, 4.69) is 24.4 Å². The maximum Gasteiger partial charge on any atom is 0.124 e. The van der Waals surface area contributed by atoms with Crippen LogP contribution in [-0.2, 0) is 13.2 Å². The van der Waals surface area contributed by atoms with Gasteiger partial charge in [0.2, 0.25) is 0 Å². The van der Waals surface area contributed by atoms with Crippen LogP contribution in [-0.4, -0.2) is 11.7 Å². The van der Waals surface area contributed by atoms with Gasteiger partial charge in [-0.05, 0) is 29.7 Å². The summed E-state index contributed by atoms with van der Waals surface area (Å²) in [6, 6.07) is 14.1. The summed E-state index contributed by atoms with van der Waals surface area (Å²) in [6.45, 7) is 3.99. The van der Waals surface area contributed by atoms with Gasteiger partial charge in [-0.25, -0.2) is 0 Å². The number of aryl methyl sites for hydroxylation is 1. The third-order valence-corrected chi connectivity index (χ3v) is 3.81. The number of aliphatic hydroxyl groups is 1. The molecular formula is C17H19NO2. The number of fused-ring (bicyclic) bond motifs is 1. The Labute approximate surface area is 119 Å². The fourth-order valence-corrected chi connectivity index (χ4v) is 2.59. The molecule has 3 rings (SSSR count). The van der Waals surface area contributed by atoms with E-state index in [-0.39, 0.29) is 0 Å². The second-order valence-electron chi connectivity index (χ2n) is 5.19. The second kappa shape index (κ2) is 5.65. The van der Waals surface area contributed by atoms with Gasteiger partial charge in [0.1, 0.15) is 12.4 Å². The van der Waals surface area contributed by atoms with E-state index in [4.69, 9.17) is 4.74 Å². The molecule has 1 aliphatic rings. The summed E-state index contributed by atoms with van der Waals surface area (Å²) >= 11 is 0. The molecule has 0 amide bonds. The molecule has 3 heteroatoms. The van der Waals surface area contributed by atoms with E-state index in [1.807, 2.05) is 30.3 Å². The van der Waals surface area contributed by atoms with Crippen molar-refractivity contribution in [1.82, 2.24) is 5.32 Å². The third-order valence-electron chi connectivity index (χ3n) is 3.81. The maximum atomic E-state index is 10.00. The van der Waals surface area contributed by atoms with Crippen LogP contribution in [0.25, 0.3) is 0 Å². The van der Waals surface area contributed by atoms with E-state index in [1.165, 1.54) is 11.1 Å². The Balaban J connectivity index is 1.82. The van der Waals surface area contributed by atoms with Crippen molar-refractivity contribution in [3.63, 3.8) is 0 Å². The fourth-order valence-electron chi connectivity index (χ4n) is 2.59. The van der Waals surface area contributed by atoms with Gasteiger partial charge in [-0.15, -0.1) is 0 Å². The van der Waals surface area contributed by atoms with Crippen molar-refractivity contribution in [2.24, 2.45) is 0 Å². The Bertz CT molecular complexity index is 610. The average Bonchev–Trinajstić information content (AvgIpc) is 2.47. The van der Waals surface area contributed by atoms with E-state index < -0.39 is 6.10 Å². The van der Waals surface area contributed by atoms with Crippen molar-refractivity contribution in [2.45, 2.75) is 26.2 Å². The molecule has 0 radical (unpaired) electrons. The normalized spacial score (nSPS) is 17.6. The summed E-state index contributed by atoms with van der Waals surface area (Å²) in [5, 5.41) is 13.2. The minimum absolute atomic E-state index is 0.444. The van der Waals surface area contributed by atoms with Crippen molar-refractivity contribution in [1.29, 1.82) is 0 Å². The SMILES string of the molecule is Cc1ccccc1COc1cccc2c1CNCC2O. The first-order chi connectivity index (χ1) is 9.75. The standard InChI is InChI=1S/C17H19NO2/c1-12-5-2-3-6-13(12)11-20-17-8-4-7-14-15(17)9-18-10-16(14)19/h2-8,16,18-19H,9-11H2,1H3. The lowest BCUT2D eigenvalue weighted by atomic mass is 9.98. The molecule has 0 bridgehead atoms. The molecule has 104 valence electrons. The minimum Gasteiger partial charge on any atom is -0.489 e. The van der Waals surface area contributed by atoms with Crippen molar-refractivity contribution in [3.05, 3.63) is 64.7 Å². The van der Waals surface area contributed by atoms with Gasteiger partial charge in [0.05, 0.1) is 6.10 Å². The highest BCUT2D eigenvalue weighted by molar-refractivity contribution is 5.43. The van der Waals surface area contributed by atoms with Crippen LogP contribution in [0.5, 0.6) is 5.75 Å². The van der Waals surface area contributed by atoms with Crippen LogP contribution in [0.4, 0.5) is 0 Å². The topological polar surface area (TPSA) is 41.5 Å². The van der Waals surface area contributed by atoms with Gasteiger partial charge in [-0.3, -0.25) is 0 Å². The molecule has 0 saturated carbocycles. The minimum atomic E-state index is -0.444. The summed E-state index contributed by atoms with van der Waals surface area (Å²) in [7, 11) is 0. The van der Waals surface area contributed by atoms with Crippen LogP contribution in [0.15, 0.2) is 42.5 Å². The first-order valence-corrected chi connectivity index (χ1v) is 6.93. The lowest BCUT2D eigenvalue weighted by Crippen LogP contribution is -2.28. The number of rotatable bonds is 3. The third kappa shape index (κ3) is 2.55. The highest BCUT2D eigenvalue weighted by Crippen LogP contribution is 2.30. The molecule has 2 aromatic carbocycles. The summed E-state index contributed by atoms with van der Waals surface area (Å²) in [5.41, 5.74) is 4.47. The molecule has 2 aromatic rings. The second-order valence-corrected chi connectivity index (χ2v) is 5.19. The zero-order valence-electron chi connectivity index (χ0n) is 11.6. The highest BCUT2D eigenvalue weighted by atomic mass is 16.5. The molecule has 20 heavy (non-hydrogen) atoms. The fraction of sp³-hybridized carbons (Fsp3) is 0.294. The Morgan fingerprint density at radius 1 is 1.20 bits per heavy atom. The van der Waals surface area contributed by atoms with Gasteiger partial charge in [0, 0.05) is 18.7 Å². The number of hydrogen-bond donors (Lipinski definition) is 2. The van der Waals surface area contributed by atoms with E-state index in [0.29, 0.717) is 13.2 Å². The quantitative estimate of drug-likeness (QED) is 0.900. The summed E-state index contributed by atoms with van der Waals surface area (Å²) in [6.07, 6.45) is -0.444. The monoisotopic (exact) mass is 269 g/mol. The molecule has 0 aromatic heterocycles. The van der Waals surface area contributed by atoms with Crippen LogP contribution >= 0.6 is 0 Å². The Kier molecular flexibility index (Phi) is 3.72. The van der Waals surface area contributed by atoms with Crippen LogP contribution < -0.4 is 10.1 Å². The molecule has 1 unspecified atom stereocenters. The highest BCUT2D eigenvalue weighted by Gasteiger charge is 2.20. The first-order valence-electron chi connectivity index (χ1n) is 6.93. The predicted octanol–water partition coefficient (Wildman–Crippen LogP) is 2.71. The zero-order valence-corrected chi connectivity index (χ0v) is 11.6. The van der Waals surface area contributed by atoms with Crippen LogP contribution in [0.2, 0.25) is 0 Å². The largest absolute Gasteiger partial charge is 0.489 e. The van der Waals surface area contributed by atoms with E-state index in [0.717, 1.165) is 23.4 Å². The summed E-state index contributed by atoms with van der Waals surface area (Å²) in [5.74, 6) is 0.858. The van der Waals surface area contributed by atoms with Gasteiger partial charge in [0.15, 0.2) is 0 Å². The van der Waals surface area contributed by atoms with Gasteiger partial charge in [-0.2, -0.15) is 0 Å². The number of benzene rings is 2. The number of hydrogen-bond acceptors (Lipinski definition) is 3. The van der Waals surface area contributed by atoms with Crippen molar-refractivity contribution in [3.8, 4) is 5.75 Å². The van der Waals surface area contributed by atoms with Gasteiger partial charge in [-0.1, -0.05) is 36.4 Å². The van der Waals surface area contributed by atoms with E-state index in [9.17, 15) is 5.11 Å². The van der Waals surface area contributed by atoms with E-state index >= 15 is 0 Å². The molecule has 1 atom stereocenters.